The van der Waals surface area contributed by atoms with Gasteiger partial charge < -0.3 is 4.42 Å². The molecule has 0 spiro atoms. The number of hydrogen-bond acceptors (Lipinski definition) is 2. The predicted molar refractivity (Wildman–Crippen MR) is 69.5 cm³/mol. The second-order valence-corrected chi connectivity index (χ2v) is 4.69. The molecule has 0 atom stereocenters. The topological polar surface area (TPSA) is 13.1 Å². The van der Waals surface area contributed by atoms with Crippen LogP contribution in [0, 0.1) is 0 Å². The summed E-state index contributed by atoms with van der Waals surface area (Å²) in [5.74, 6) is 4.16. The summed E-state index contributed by atoms with van der Waals surface area (Å²) in [6, 6.07) is 14.7. The number of thioether (sulfide) groups is 1. The summed E-state index contributed by atoms with van der Waals surface area (Å²) in [5.41, 5.74) is 1.37. The zero-order chi connectivity index (χ0) is 11.2. The van der Waals surface area contributed by atoms with Gasteiger partial charge in [-0.3, -0.25) is 0 Å². The average Bonchev–Trinajstić information content (AvgIpc) is 2.78. The van der Waals surface area contributed by atoms with E-state index in [0.717, 1.165) is 29.4 Å². The first-order valence-corrected chi connectivity index (χ1v) is 6.73. The Kier molecular flexibility index (Phi) is 4.11. The SMILES string of the molecule is CCc1ccc(CSCc2ccccc2)o1. The fourth-order valence-electron chi connectivity index (χ4n) is 1.53. The highest BCUT2D eigenvalue weighted by Crippen LogP contribution is 2.19. The Morgan fingerprint density at radius 2 is 1.69 bits per heavy atom. The van der Waals surface area contributed by atoms with E-state index in [1.165, 1.54) is 5.56 Å². The molecule has 0 radical (unpaired) electrons. The number of aryl methyl sites for hydroxylation is 1. The van der Waals surface area contributed by atoms with E-state index in [2.05, 4.69) is 43.3 Å². The Labute approximate surface area is 101 Å². The molecule has 0 N–H and O–H groups in total. The van der Waals surface area contributed by atoms with E-state index in [0.29, 0.717) is 0 Å². The van der Waals surface area contributed by atoms with Gasteiger partial charge in [0.15, 0.2) is 0 Å². The first-order valence-electron chi connectivity index (χ1n) is 5.57. The van der Waals surface area contributed by atoms with Crippen molar-refractivity contribution in [3.63, 3.8) is 0 Å². The van der Waals surface area contributed by atoms with Crippen molar-refractivity contribution in [3.8, 4) is 0 Å². The molecule has 0 bridgehead atoms. The molecule has 1 heterocycles. The Morgan fingerprint density at radius 3 is 2.38 bits per heavy atom. The highest BCUT2D eigenvalue weighted by Gasteiger charge is 2.00. The van der Waals surface area contributed by atoms with E-state index in [1.54, 1.807) is 0 Å². The maximum Gasteiger partial charge on any atom is 0.114 e. The molecule has 0 fully saturated rings. The summed E-state index contributed by atoms with van der Waals surface area (Å²) < 4.78 is 5.65. The van der Waals surface area contributed by atoms with Crippen LogP contribution in [0.5, 0.6) is 0 Å². The molecule has 0 saturated heterocycles. The zero-order valence-corrected chi connectivity index (χ0v) is 10.3. The van der Waals surface area contributed by atoms with Gasteiger partial charge >= 0.3 is 0 Å². The minimum Gasteiger partial charge on any atom is -0.465 e. The van der Waals surface area contributed by atoms with Crippen molar-refractivity contribution in [2.75, 3.05) is 0 Å². The molecular formula is C14H16OS. The second kappa shape index (κ2) is 5.80. The van der Waals surface area contributed by atoms with Crippen molar-refractivity contribution in [2.45, 2.75) is 24.9 Å². The van der Waals surface area contributed by atoms with Gasteiger partial charge in [0.05, 0.1) is 5.75 Å². The van der Waals surface area contributed by atoms with Crippen molar-refractivity contribution in [2.24, 2.45) is 0 Å². The van der Waals surface area contributed by atoms with E-state index in [9.17, 15) is 0 Å². The molecule has 16 heavy (non-hydrogen) atoms. The minimum atomic E-state index is 0.953. The van der Waals surface area contributed by atoms with Crippen molar-refractivity contribution in [3.05, 3.63) is 59.5 Å². The molecule has 84 valence electrons. The maximum atomic E-state index is 5.65. The fourth-order valence-corrected chi connectivity index (χ4v) is 2.42. The summed E-state index contributed by atoms with van der Waals surface area (Å²) >= 11 is 1.89. The van der Waals surface area contributed by atoms with Gasteiger partial charge in [-0.25, -0.2) is 0 Å². The number of benzene rings is 1. The second-order valence-electron chi connectivity index (χ2n) is 3.70. The first kappa shape index (κ1) is 11.3. The summed E-state index contributed by atoms with van der Waals surface area (Å²) in [6.07, 6.45) is 0.976. The molecule has 1 aromatic carbocycles. The highest BCUT2D eigenvalue weighted by molar-refractivity contribution is 7.97. The van der Waals surface area contributed by atoms with E-state index >= 15 is 0 Å². The van der Waals surface area contributed by atoms with Gasteiger partial charge in [0, 0.05) is 12.2 Å². The van der Waals surface area contributed by atoms with Gasteiger partial charge in [-0.2, -0.15) is 0 Å². The van der Waals surface area contributed by atoms with Crippen LogP contribution in [0.25, 0.3) is 0 Å². The lowest BCUT2D eigenvalue weighted by molar-refractivity contribution is 0.485. The molecule has 0 aliphatic heterocycles. The van der Waals surface area contributed by atoms with Crippen LogP contribution in [-0.2, 0) is 17.9 Å². The monoisotopic (exact) mass is 232 g/mol. The minimum absolute atomic E-state index is 0.953. The van der Waals surface area contributed by atoms with Crippen molar-refractivity contribution in [1.82, 2.24) is 0 Å². The fraction of sp³-hybridized carbons (Fsp3) is 0.286. The van der Waals surface area contributed by atoms with Gasteiger partial charge in [0.2, 0.25) is 0 Å². The molecule has 0 unspecified atom stereocenters. The van der Waals surface area contributed by atoms with Crippen LogP contribution >= 0.6 is 11.8 Å². The van der Waals surface area contributed by atoms with Gasteiger partial charge in [-0.1, -0.05) is 37.3 Å². The largest absolute Gasteiger partial charge is 0.465 e. The summed E-state index contributed by atoms with van der Waals surface area (Å²) in [7, 11) is 0. The molecule has 2 aromatic rings. The average molecular weight is 232 g/mol. The van der Waals surface area contributed by atoms with Crippen LogP contribution in [0.1, 0.15) is 24.0 Å². The van der Waals surface area contributed by atoms with Gasteiger partial charge in [0.1, 0.15) is 11.5 Å². The number of hydrogen-bond donors (Lipinski definition) is 0. The summed E-state index contributed by atoms with van der Waals surface area (Å²) in [6.45, 7) is 2.11. The van der Waals surface area contributed by atoms with Gasteiger partial charge in [0.25, 0.3) is 0 Å². The quantitative estimate of drug-likeness (QED) is 0.763. The van der Waals surface area contributed by atoms with Gasteiger partial charge in [-0.05, 0) is 17.7 Å². The standard InChI is InChI=1S/C14H16OS/c1-2-13-8-9-14(15-13)11-16-10-12-6-4-3-5-7-12/h3-9H,2,10-11H2,1H3. The molecule has 0 aliphatic carbocycles. The molecule has 2 rings (SSSR count). The third-order valence-corrected chi connectivity index (χ3v) is 3.45. The van der Waals surface area contributed by atoms with Crippen LogP contribution < -0.4 is 0 Å². The molecule has 0 amide bonds. The molecule has 2 heteroatoms. The van der Waals surface area contributed by atoms with Crippen LogP contribution in [0.4, 0.5) is 0 Å². The van der Waals surface area contributed by atoms with Crippen molar-refractivity contribution in [1.29, 1.82) is 0 Å². The zero-order valence-electron chi connectivity index (χ0n) is 9.48. The van der Waals surface area contributed by atoms with Crippen LogP contribution in [0.3, 0.4) is 0 Å². The van der Waals surface area contributed by atoms with E-state index in [4.69, 9.17) is 4.42 Å². The van der Waals surface area contributed by atoms with E-state index in [-0.39, 0.29) is 0 Å². The number of rotatable bonds is 5. The maximum absolute atomic E-state index is 5.65. The van der Waals surface area contributed by atoms with Crippen molar-refractivity contribution >= 4 is 11.8 Å². The molecular weight excluding hydrogens is 216 g/mol. The molecule has 0 saturated carbocycles. The first-order chi connectivity index (χ1) is 7.88. The summed E-state index contributed by atoms with van der Waals surface area (Å²) in [5, 5.41) is 0. The van der Waals surface area contributed by atoms with Crippen LogP contribution in [-0.4, -0.2) is 0 Å². The smallest absolute Gasteiger partial charge is 0.114 e. The molecule has 1 nitrogen and oxygen atoms in total. The predicted octanol–water partition coefficient (Wildman–Crippen LogP) is 4.28. The Hall–Kier alpha value is -1.15. The summed E-state index contributed by atoms with van der Waals surface area (Å²) in [4.78, 5) is 0. The Bertz CT molecular complexity index is 419. The number of furan rings is 1. The highest BCUT2D eigenvalue weighted by atomic mass is 32.2. The normalized spacial score (nSPS) is 10.6. The van der Waals surface area contributed by atoms with Crippen LogP contribution in [0.2, 0.25) is 0 Å². The lowest BCUT2D eigenvalue weighted by Crippen LogP contribution is -1.81. The van der Waals surface area contributed by atoms with E-state index < -0.39 is 0 Å². The molecule has 1 aromatic heterocycles. The Balaban J connectivity index is 1.80. The van der Waals surface area contributed by atoms with Crippen molar-refractivity contribution < 1.29 is 4.42 Å². The van der Waals surface area contributed by atoms with E-state index in [1.807, 2.05) is 17.8 Å². The molecule has 0 aliphatic rings. The lowest BCUT2D eigenvalue weighted by Gasteiger charge is -1.99. The Morgan fingerprint density at radius 1 is 0.938 bits per heavy atom. The van der Waals surface area contributed by atoms with Gasteiger partial charge in [-0.15, -0.1) is 11.8 Å². The lowest BCUT2D eigenvalue weighted by atomic mass is 10.2. The third-order valence-electron chi connectivity index (χ3n) is 2.42. The van der Waals surface area contributed by atoms with Crippen LogP contribution in [0.15, 0.2) is 46.9 Å². The third kappa shape index (κ3) is 3.17.